The van der Waals surface area contributed by atoms with Crippen molar-refractivity contribution in [3.8, 4) is 5.75 Å². The highest BCUT2D eigenvalue weighted by atomic mass is 16.5. The van der Waals surface area contributed by atoms with Crippen LogP contribution in [-0.4, -0.2) is 55.0 Å². The van der Waals surface area contributed by atoms with Gasteiger partial charge in [-0.3, -0.25) is 4.79 Å². The molecular formula is C22H31N3O4. The maximum atomic E-state index is 11.7. The fourth-order valence-corrected chi connectivity index (χ4v) is 4.23. The number of aromatic nitrogens is 2. The number of hydrogen-bond acceptors (Lipinski definition) is 7. The number of benzene rings is 1. The SMILES string of the molecule is CCOC(=O)CC1CCC(Oc2cc(N3CCOCC3)cc3ncncc23)CC1.[HH]. The molecule has 0 radical (unpaired) electrons. The van der Waals surface area contributed by atoms with E-state index < -0.39 is 0 Å². The summed E-state index contributed by atoms with van der Waals surface area (Å²) >= 11 is 0. The number of esters is 1. The first kappa shape index (κ1) is 19.9. The van der Waals surface area contributed by atoms with Gasteiger partial charge in [0, 0.05) is 38.9 Å². The van der Waals surface area contributed by atoms with Gasteiger partial charge in [-0.25, -0.2) is 9.97 Å². The van der Waals surface area contributed by atoms with Crippen LogP contribution in [0, 0.1) is 5.92 Å². The van der Waals surface area contributed by atoms with E-state index in [0.717, 1.165) is 74.3 Å². The summed E-state index contributed by atoms with van der Waals surface area (Å²) in [5.41, 5.74) is 2.01. The zero-order valence-corrected chi connectivity index (χ0v) is 17.0. The molecule has 0 unspecified atom stereocenters. The Morgan fingerprint density at radius 1 is 1.24 bits per heavy atom. The minimum absolute atomic E-state index is 0. The molecule has 0 spiro atoms. The van der Waals surface area contributed by atoms with Gasteiger partial charge in [0.05, 0.1) is 36.8 Å². The van der Waals surface area contributed by atoms with Crippen molar-refractivity contribution >= 4 is 22.6 Å². The van der Waals surface area contributed by atoms with Crippen molar-refractivity contribution in [2.24, 2.45) is 5.92 Å². The Balaban J connectivity index is 0.00000256. The van der Waals surface area contributed by atoms with Crippen molar-refractivity contribution in [2.75, 3.05) is 37.8 Å². The van der Waals surface area contributed by atoms with E-state index in [9.17, 15) is 4.79 Å². The fraction of sp³-hybridized carbons (Fsp3) is 0.591. The molecule has 2 aliphatic rings. The van der Waals surface area contributed by atoms with Crippen LogP contribution in [-0.2, 0) is 14.3 Å². The number of ether oxygens (including phenoxy) is 3. The van der Waals surface area contributed by atoms with Crippen molar-refractivity contribution in [1.82, 2.24) is 9.97 Å². The van der Waals surface area contributed by atoms with E-state index in [1.807, 2.05) is 13.1 Å². The summed E-state index contributed by atoms with van der Waals surface area (Å²) in [4.78, 5) is 22.7. The molecule has 1 saturated carbocycles. The molecule has 2 fully saturated rings. The quantitative estimate of drug-likeness (QED) is 0.685. The number of carbonyl (C=O) groups excluding carboxylic acids is 1. The molecule has 158 valence electrons. The number of carbonyl (C=O) groups is 1. The standard InChI is InChI=1S/C22H29N3O4.H2/c1-2-28-22(26)11-16-3-5-18(6-4-16)29-21-13-17(25-7-9-27-10-8-25)12-20-19(21)14-23-15-24-20;/h12-16,18H,2-11H2,1H3;1H. The third kappa shape index (κ3) is 4.96. The number of rotatable bonds is 6. The van der Waals surface area contributed by atoms with Crippen LogP contribution in [0.15, 0.2) is 24.7 Å². The van der Waals surface area contributed by atoms with Crippen LogP contribution in [0.3, 0.4) is 0 Å². The zero-order chi connectivity index (χ0) is 20.1. The number of hydrogen-bond donors (Lipinski definition) is 0. The van der Waals surface area contributed by atoms with E-state index in [0.29, 0.717) is 18.9 Å². The first-order chi connectivity index (χ1) is 14.2. The van der Waals surface area contributed by atoms with E-state index in [4.69, 9.17) is 14.2 Å². The van der Waals surface area contributed by atoms with Crippen molar-refractivity contribution in [3.63, 3.8) is 0 Å². The number of fused-ring (bicyclic) bond motifs is 1. The van der Waals surface area contributed by atoms with Gasteiger partial charge in [-0.05, 0) is 44.6 Å². The van der Waals surface area contributed by atoms with Crippen LogP contribution in [0.5, 0.6) is 5.75 Å². The Kier molecular flexibility index (Phi) is 6.44. The van der Waals surface area contributed by atoms with Gasteiger partial charge in [0.1, 0.15) is 12.1 Å². The summed E-state index contributed by atoms with van der Waals surface area (Å²) in [5, 5.41) is 0.943. The molecule has 0 atom stereocenters. The Labute approximate surface area is 172 Å². The van der Waals surface area contributed by atoms with Crippen LogP contribution in [0.1, 0.15) is 40.5 Å². The summed E-state index contributed by atoms with van der Waals surface area (Å²) in [6.07, 6.45) is 7.94. The largest absolute Gasteiger partial charge is 0.490 e. The summed E-state index contributed by atoms with van der Waals surface area (Å²) in [6.45, 7) is 5.52. The van der Waals surface area contributed by atoms with Crippen LogP contribution in [0.2, 0.25) is 0 Å². The predicted molar refractivity (Wildman–Crippen MR) is 112 cm³/mol. The Morgan fingerprint density at radius 2 is 2.03 bits per heavy atom. The first-order valence-corrected chi connectivity index (χ1v) is 10.6. The molecular weight excluding hydrogens is 370 g/mol. The molecule has 0 N–H and O–H groups in total. The van der Waals surface area contributed by atoms with E-state index in [-0.39, 0.29) is 13.5 Å². The first-order valence-electron chi connectivity index (χ1n) is 10.6. The highest BCUT2D eigenvalue weighted by Crippen LogP contribution is 2.35. The monoisotopic (exact) mass is 401 g/mol. The molecule has 2 aromatic rings. The Bertz CT molecular complexity index is 836. The molecule has 2 heterocycles. The normalized spacial score (nSPS) is 22.4. The van der Waals surface area contributed by atoms with Crippen LogP contribution in [0.25, 0.3) is 10.9 Å². The lowest BCUT2D eigenvalue weighted by molar-refractivity contribution is -0.144. The van der Waals surface area contributed by atoms with Gasteiger partial charge in [0.15, 0.2) is 0 Å². The molecule has 4 rings (SSSR count). The van der Waals surface area contributed by atoms with E-state index in [2.05, 4.69) is 27.0 Å². The molecule has 1 aliphatic heterocycles. The fourth-order valence-electron chi connectivity index (χ4n) is 4.23. The van der Waals surface area contributed by atoms with Gasteiger partial charge in [0.25, 0.3) is 0 Å². The van der Waals surface area contributed by atoms with Gasteiger partial charge in [-0.1, -0.05) is 0 Å². The highest BCUT2D eigenvalue weighted by molar-refractivity contribution is 5.88. The third-order valence-electron chi connectivity index (χ3n) is 5.80. The Morgan fingerprint density at radius 3 is 2.79 bits per heavy atom. The van der Waals surface area contributed by atoms with Gasteiger partial charge in [-0.15, -0.1) is 0 Å². The molecule has 1 aromatic heterocycles. The maximum absolute atomic E-state index is 11.7. The van der Waals surface area contributed by atoms with Crippen molar-refractivity contribution in [1.29, 1.82) is 0 Å². The summed E-state index contributed by atoms with van der Waals surface area (Å²) in [7, 11) is 0. The molecule has 7 heteroatoms. The minimum Gasteiger partial charge on any atom is -0.490 e. The maximum Gasteiger partial charge on any atom is 0.306 e. The Hall–Kier alpha value is -2.41. The smallest absolute Gasteiger partial charge is 0.306 e. The summed E-state index contributed by atoms with van der Waals surface area (Å²) < 4.78 is 17.0. The van der Waals surface area contributed by atoms with Crippen LogP contribution in [0.4, 0.5) is 5.69 Å². The van der Waals surface area contributed by atoms with E-state index in [1.165, 1.54) is 0 Å². The third-order valence-corrected chi connectivity index (χ3v) is 5.80. The lowest BCUT2D eigenvalue weighted by Crippen LogP contribution is -2.36. The predicted octanol–water partition coefficient (Wildman–Crippen LogP) is 3.60. The van der Waals surface area contributed by atoms with Gasteiger partial charge in [0.2, 0.25) is 0 Å². The summed E-state index contributed by atoms with van der Waals surface area (Å²) in [6, 6.07) is 4.22. The molecule has 0 bridgehead atoms. The minimum atomic E-state index is -0.0850. The second-order valence-corrected chi connectivity index (χ2v) is 7.77. The summed E-state index contributed by atoms with van der Waals surface area (Å²) in [5.74, 6) is 1.16. The molecule has 1 aliphatic carbocycles. The zero-order valence-electron chi connectivity index (χ0n) is 17.0. The van der Waals surface area contributed by atoms with Crippen molar-refractivity contribution < 1.29 is 20.4 Å². The average molecular weight is 402 g/mol. The van der Waals surface area contributed by atoms with Crippen molar-refractivity contribution in [3.05, 3.63) is 24.7 Å². The number of morpholine rings is 1. The molecule has 29 heavy (non-hydrogen) atoms. The lowest BCUT2D eigenvalue weighted by atomic mass is 9.85. The number of anilines is 1. The second-order valence-electron chi connectivity index (χ2n) is 7.77. The molecule has 1 saturated heterocycles. The molecule has 7 nitrogen and oxygen atoms in total. The topological polar surface area (TPSA) is 73.8 Å². The van der Waals surface area contributed by atoms with Gasteiger partial charge in [-0.2, -0.15) is 0 Å². The van der Waals surface area contributed by atoms with Crippen LogP contribution < -0.4 is 9.64 Å². The highest BCUT2D eigenvalue weighted by Gasteiger charge is 2.25. The van der Waals surface area contributed by atoms with Crippen molar-refractivity contribution in [2.45, 2.75) is 45.1 Å². The lowest BCUT2D eigenvalue weighted by Gasteiger charge is -2.31. The second kappa shape index (κ2) is 9.39. The van der Waals surface area contributed by atoms with E-state index in [1.54, 1.807) is 6.33 Å². The number of nitrogens with zero attached hydrogens (tertiary/aromatic N) is 3. The van der Waals surface area contributed by atoms with Crippen LogP contribution >= 0.6 is 0 Å². The average Bonchev–Trinajstić information content (AvgIpc) is 2.76. The van der Waals surface area contributed by atoms with Gasteiger partial charge >= 0.3 is 5.97 Å². The molecule has 1 aromatic carbocycles. The van der Waals surface area contributed by atoms with E-state index >= 15 is 0 Å². The van der Waals surface area contributed by atoms with Gasteiger partial charge < -0.3 is 19.1 Å². The molecule has 0 amide bonds.